The van der Waals surface area contributed by atoms with Gasteiger partial charge in [-0.05, 0) is 42.9 Å². The zero-order valence-electron chi connectivity index (χ0n) is 10.4. The van der Waals surface area contributed by atoms with Gasteiger partial charge in [0.25, 0.3) is 5.91 Å². The third-order valence-corrected chi connectivity index (χ3v) is 4.05. The van der Waals surface area contributed by atoms with Crippen molar-refractivity contribution in [3.8, 4) is 5.75 Å². The van der Waals surface area contributed by atoms with E-state index >= 15 is 0 Å². The summed E-state index contributed by atoms with van der Waals surface area (Å²) in [5.41, 5.74) is 0.329. The summed E-state index contributed by atoms with van der Waals surface area (Å²) >= 11 is 3.30. The number of rotatable bonds is 3. The van der Waals surface area contributed by atoms with Crippen LogP contribution in [-0.2, 0) is 0 Å². The maximum Gasteiger partial charge on any atom is 0.255 e. The lowest BCUT2D eigenvalue weighted by molar-refractivity contribution is 0.0944. The van der Waals surface area contributed by atoms with Crippen molar-refractivity contribution in [3.63, 3.8) is 0 Å². The van der Waals surface area contributed by atoms with Gasteiger partial charge in [-0.2, -0.15) is 0 Å². The van der Waals surface area contributed by atoms with Crippen LogP contribution in [0.4, 0.5) is 0 Å². The molecule has 1 aromatic carbocycles. The van der Waals surface area contributed by atoms with Crippen molar-refractivity contribution >= 4 is 21.8 Å². The molecule has 0 bridgehead atoms. The van der Waals surface area contributed by atoms with Crippen molar-refractivity contribution in [1.82, 2.24) is 5.32 Å². The Balaban J connectivity index is 1.93. The smallest absolute Gasteiger partial charge is 0.255 e. The van der Waals surface area contributed by atoms with E-state index in [-0.39, 0.29) is 11.7 Å². The molecule has 0 spiro atoms. The van der Waals surface area contributed by atoms with Gasteiger partial charge >= 0.3 is 0 Å². The number of carbonyl (C=O) groups is 1. The number of amides is 1. The SMILES string of the molecule is CC1CCC(CNC(=O)c2cc(Br)ccc2O)C1. The second kappa shape index (κ2) is 5.74. The quantitative estimate of drug-likeness (QED) is 0.899. The number of hydrogen-bond acceptors (Lipinski definition) is 2. The van der Waals surface area contributed by atoms with E-state index in [2.05, 4.69) is 28.2 Å². The topological polar surface area (TPSA) is 49.3 Å². The highest BCUT2D eigenvalue weighted by Gasteiger charge is 2.22. The number of phenolic OH excluding ortho intramolecular Hbond substituents is 1. The highest BCUT2D eigenvalue weighted by molar-refractivity contribution is 9.10. The van der Waals surface area contributed by atoms with Crippen LogP contribution in [0.2, 0.25) is 0 Å². The van der Waals surface area contributed by atoms with Crippen molar-refractivity contribution in [2.24, 2.45) is 11.8 Å². The van der Waals surface area contributed by atoms with E-state index in [0.717, 1.165) is 10.4 Å². The first-order valence-electron chi connectivity index (χ1n) is 6.33. The fourth-order valence-corrected chi connectivity index (χ4v) is 2.89. The Labute approximate surface area is 116 Å². The van der Waals surface area contributed by atoms with Crippen LogP contribution in [0, 0.1) is 11.8 Å². The second-order valence-electron chi connectivity index (χ2n) is 5.16. The Morgan fingerprint density at radius 3 is 2.94 bits per heavy atom. The van der Waals surface area contributed by atoms with Crippen LogP contribution >= 0.6 is 15.9 Å². The highest BCUT2D eigenvalue weighted by atomic mass is 79.9. The molecule has 1 aliphatic rings. The molecule has 0 aliphatic heterocycles. The Kier molecular flexibility index (Phi) is 4.27. The first-order valence-corrected chi connectivity index (χ1v) is 7.12. The van der Waals surface area contributed by atoms with Crippen molar-refractivity contribution in [2.75, 3.05) is 6.54 Å². The van der Waals surface area contributed by atoms with Gasteiger partial charge in [0.05, 0.1) is 5.56 Å². The molecule has 0 heterocycles. The van der Waals surface area contributed by atoms with E-state index < -0.39 is 0 Å². The number of phenols is 1. The van der Waals surface area contributed by atoms with Crippen molar-refractivity contribution in [3.05, 3.63) is 28.2 Å². The van der Waals surface area contributed by atoms with Gasteiger partial charge in [0, 0.05) is 11.0 Å². The van der Waals surface area contributed by atoms with Gasteiger partial charge in [0.15, 0.2) is 0 Å². The molecule has 1 saturated carbocycles. The molecule has 18 heavy (non-hydrogen) atoms. The Hall–Kier alpha value is -1.03. The standard InChI is InChI=1S/C14H18BrNO2/c1-9-2-3-10(6-9)8-16-14(18)12-7-11(15)4-5-13(12)17/h4-5,7,9-10,17H,2-3,6,8H2,1H3,(H,16,18). The molecular weight excluding hydrogens is 294 g/mol. The lowest BCUT2D eigenvalue weighted by Crippen LogP contribution is -2.28. The molecule has 1 amide bonds. The Morgan fingerprint density at radius 1 is 1.50 bits per heavy atom. The van der Waals surface area contributed by atoms with Crippen LogP contribution in [-0.4, -0.2) is 17.6 Å². The minimum Gasteiger partial charge on any atom is -0.507 e. The molecule has 2 N–H and O–H groups in total. The zero-order chi connectivity index (χ0) is 13.1. The summed E-state index contributed by atoms with van der Waals surface area (Å²) in [7, 11) is 0. The van der Waals surface area contributed by atoms with Crippen LogP contribution in [0.1, 0.15) is 36.5 Å². The number of hydrogen-bond donors (Lipinski definition) is 2. The van der Waals surface area contributed by atoms with E-state index in [9.17, 15) is 9.90 Å². The first-order chi connectivity index (χ1) is 8.56. The van der Waals surface area contributed by atoms with Gasteiger partial charge in [0.1, 0.15) is 5.75 Å². The third kappa shape index (κ3) is 3.25. The summed E-state index contributed by atoms with van der Waals surface area (Å²) in [4.78, 5) is 12.0. The lowest BCUT2D eigenvalue weighted by atomic mass is 10.1. The van der Waals surface area contributed by atoms with Gasteiger partial charge in [-0.1, -0.05) is 29.3 Å². The molecule has 2 unspecified atom stereocenters. The fourth-order valence-electron chi connectivity index (χ4n) is 2.53. The average molecular weight is 312 g/mol. The van der Waals surface area contributed by atoms with Crippen molar-refractivity contribution in [2.45, 2.75) is 26.2 Å². The van der Waals surface area contributed by atoms with Gasteiger partial charge < -0.3 is 10.4 Å². The van der Waals surface area contributed by atoms with Gasteiger partial charge in [-0.3, -0.25) is 4.79 Å². The summed E-state index contributed by atoms with van der Waals surface area (Å²) in [5.74, 6) is 1.17. The number of carbonyl (C=O) groups excluding carboxylic acids is 1. The van der Waals surface area contributed by atoms with Gasteiger partial charge in [-0.25, -0.2) is 0 Å². The molecule has 0 aromatic heterocycles. The number of halogens is 1. The monoisotopic (exact) mass is 311 g/mol. The maximum absolute atomic E-state index is 12.0. The van der Waals surface area contributed by atoms with E-state index in [1.807, 2.05) is 0 Å². The number of aromatic hydroxyl groups is 1. The molecule has 1 aliphatic carbocycles. The molecule has 4 heteroatoms. The summed E-state index contributed by atoms with van der Waals surface area (Å²) in [6.07, 6.45) is 3.62. The number of nitrogens with one attached hydrogen (secondary N) is 1. The van der Waals surface area contributed by atoms with E-state index in [1.54, 1.807) is 12.1 Å². The molecule has 0 radical (unpaired) electrons. The maximum atomic E-state index is 12.0. The van der Waals surface area contributed by atoms with Crippen LogP contribution in [0.5, 0.6) is 5.75 Å². The van der Waals surface area contributed by atoms with Crippen LogP contribution in [0.3, 0.4) is 0 Å². The minimum absolute atomic E-state index is 0.0236. The second-order valence-corrected chi connectivity index (χ2v) is 6.07. The first kappa shape index (κ1) is 13.4. The molecular formula is C14H18BrNO2. The molecule has 1 fully saturated rings. The molecule has 0 saturated heterocycles. The van der Waals surface area contributed by atoms with Crippen molar-refractivity contribution < 1.29 is 9.90 Å². The molecule has 1 aromatic rings. The summed E-state index contributed by atoms with van der Waals surface area (Å²) in [5, 5.41) is 12.6. The molecule has 3 nitrogen and oxygen atoms in total. The molecule has 2 atom stereocenters. The lowest BCUT2D eigenvalue weighted by Gasteiger charge is -2.12. The predicted molar refractivity (Wildman–Crippen MR) is 74.6 cm³/mol. The van der Waals surface area contributed by atoms with Gasteiger partial charge in [-0.15, -0.1) is 0 Å². The largest absolute Gasteiger partial charge is 0.507 e. The van der Waals surface area contributed by atoms with E-state index in [0.29, 0.717) is 18.0 Å². The fraction of sp³-hybridized carbons (Fsp3) is 0.500. The van der Waals surface area contributed by atoms with E-state index in [4.69, 9.17) is 0 Å². The minimum atomic E-state index is -0.201. The Bertz CT molecular complexity index is 447. The average Bonchev–Trinajstić information content (AvgIpc) is 2.75. The number of benzene rings is 1. The predicted octanol–water partition coefficient (Wildman–Crippen LogP) is 3.32. The van der Waals surface area contributed by atoms with Crippen LogP contribution < -0.4 is 5.32 Å². The van der Waals surface area contributed by atoms with Crippen LogP contribution in [0.15, 0.2) is 22.7 Å². The summed E-state index contributed by atoms with van der Waals surface area (Å²) in [6, 6.07) is 4.88. The molecule has 2 rings (SSSR count). The van der Waals surface area contributed by atoms with E-state index in [1.165, 1.54) is 25.3 Å². The highest BCUT2D eigenvalue weighted by Crippen LogP contribution is 2.29. The normalized spacial score (nSPS) is 23.0. The zero-order valence-corrected chi connectivity index (χ0v) is 12.0. The Morgan fingerprint density at radius 2 is 2.28 bits per heavy atom. The summed E-state index contributed by atoms with van der Waals surface area (Å²) in [6.45, 7) is 2.96. The van der Waals surface area contributed by atoms with Crippen molar-refractivity contribution in [1.29, 1.82) is 0 Å². The molecule has 98 valence electrons. The van der Waals surface area contributed by atoms with Gasteiger partial charge in [0.2, 0.25) is 0 Å². The van der Waals surface area contributed by atoms with Crippen LogP contribution in [0.25, 0.3) is 0 Å². The summed E-state index contributed by atoms with van der Waals surface area (Å²) < 4.78 is 0.792. The third-order valence-electron chi connectivity index (χ3n) is 3.56.